The highest BCUT2D eigenvalue weighted by molar-refractivity contribution is 4.88. The summed E-state index contributed by atoms with van der Waals surface area (Å²) in [6.07, 6.45) is 6.18. The second kappa shape index (κ2) is 7.05. The van der Waals surface area contributed by atoms with Gasteiger partial charge in [-0.1, -0.05) is 27.7 Å². The fourth-order valence-electron chi connectivity index (χ4n) is 2.97. The van der Waals surface area contributed by atoms with Gasteiger partial charge in [0.2, 0.25) is 0 Å². The SMILES string of the molecule is CC(C)CN(CC1CCC(CNC(C)C)O1)C1CC1. The summed E-state index contributed by atoms with van der Waals surface area (Å²) in [6, 6.07) is 1.42. The maximum atomic E-state index is 6.20. The zero-order valence-electron chi connectivity index (χ0n) is 13.2. The number of nitrogens with zero attached hydrogens (tertiary/aromatic N) is 1. The highest BCUT2D eigenvalue weighted by Crippen LogP contribution is 2.30. The molecule has 3 heteroatoms. The fourth-order valence-corrected chi connectivity index (χ4v) is 2.97. The van der Waals surface area contributed by atoms with Gasteiger partial charge in [-0.2, -0.15) is 0 Å². The summed E-state index contributed by atoms with van der Waals surface area (Å²) in [4.78, 5) is 2.67. The first kappa shape index (κ1) is 15.3. The number of hydrogen-bond acceptors (Lipinski definition) is 3. The molecule has 19 heavy (non-hydrogen) atoms. The standard InChI is InChI=1S/C16H32N2O/c1-12(2)10-18(14-5-6-14)11-16-8-7-15(19-16)9-17-13(3)4/h12-17H,5-11H2,1-4H3. The van der Waals surface area contributed by atoms with Crippen molar-refractivity contribution in [2.75, 3.05) is 19.6 Å². The van der Waals surface area contributed by atoms with Crippen LogP contribution in [0.2, 0.25) is 0 Å². The minimum absolute atomic E-state index is 0.438. The predicted molar refractivity (Wildman–Crippen MR) is 80.5 cm³/mol. The Morgan fingerprint density at radius 3 is 2.32 bits per heavy atom. The Morgan fingerprint density at radius 2 is 1.74 bits per heavy atom. The van der Waals surface area contributed by atoms with Crippen LogP contribution in [-0.4, -0.2) is 48.8 Å². The van der Waals surface area contributed by atoms with E-state index in [9.17, 15) is 0 Å². The van der Waals surface area contributed by atoms with Crippen LogP contribution in [0.5, 0.6) is 0 Å². The van der Waals surface area contributed by atoms with Crippen molar-refractivity contribution in [1.82, 2.24) is 10.2 Å². The molecule has 0 aromatic rings. The Labute approximate surface area is 119 Å². The van der Waals surface area contributed by atoms with E-state index in [4.69, 9.17) is 4.74 Å². The van der Waals surface area contributed by atoms with Crippen LogP contribution in [-0.2, 0) is 4.74 Å². The van der Waals surface area contributed by atoms with Gasteiger partial charge in [-0.3, -0.25) is 4.90 Å². The second-order valence-corrected chi connectivity index (χ2v) is 7.10. The Balaban J connectivity index is 1.70. The van der Waals surface area contributed by atoms with E-state index in [1.807, 2.05) is 0 Å². The summed E-state index contributed by atoms with van der Waals surface area (Å²) in [7, 11) is 0. The highest BCUT2D eigenvalue weighted by Gasteiger charge is 2.33. The molecule has 1 aliphatic heterocycles. The Kier molecular flexibility index (Phi) is 5.67. The third-order valence-corrected chi connectivity index (χ3v) is 4.05. The van der Waals surface area contributed by atoms with Gasteiger partial charge in [0.1, 0.15) is 0 Å². The lowest BCUT2D eigenvalue weighted by Crippen LogP contribution is -2.38. The summed E-state index contributed by atoms with van der Waals surface area (Å²) in [6.45, 7) is 12.4. The van der Waals surface area contributed by atoms with Crippen LogP contribution in [0.3, 0.4) is 0 Å². The maximum absolute atomic E-state index is 6.20. The summed E-state index contributed by atoms with van der Waals surface area (Å²) in [5, 5.41) is 3.49. The van der Waals surface area contributed by atoms with Crippen molar-refractivity contribution in [3.05, 3.63) is 0 Å². The molecule has 2 atom stereocenters. The van der Waals surface area contributed by atoms with Gasteiger partial charge >= 0.3 is 0 Å². The topological polar surface area (TPSA) is 24.5 Å². The molecule has 1 saturated heterocycles. The highest BCUT2D eigenvalue weighted by atomic mass is 16.5. The molecule has 0 amide bonds. The molecular formula is C16H32N2O. The zero-order chi connectivity index (χ0) is 13.8. The van der Waals surface area contributed by atoms with Crippen molar-refractivity contribution in [2.45, 2.75) is 77.7 Å². The molecule has 3 nitrogen and oxygen atoms in total. The number of rotatable bonds is 8. The van der Waals surface area contributed by atoms with Crippen LogP contribution < -0.4 is 5.32 Å². The van der Waals surface area contributed by atoms with E-state index in [0.717, 1.165) is 25.0 Å². The van der Waals surface area contributed by atoms with Crippen LogP contribution >= 0.6 is 0 Å². The summed E-state index contributed by atoms with van der Waals surface area (Å²) < 4.78 is 6.20. The van der Waals surface area contributed by atoms with Crippen molar-refractivity contribution in [1.29, 1.82) is 0 Å². The van der Waals surface area contributed by atoms with Crippen LogP contribution in [0.15, 0.2) is 0 Å². The largest absolute Gasteiger partial charge is 0.372 e. The summed E-state index contributed by atoms with van der Waals surface area (Å²) in [5.74, 6) is 0.764. The first-order valence-electron chi connectivity index (χ1n) is 8.17. The van der Waals surface area contributed by atoms with Crippen LogP contribution in [0.4, 0.5) is 0 Å². The van der Waals surface area contributed by atoms with E-state index < -0.39 is 0 Å². The van der Waals surface area contributed by atoms with E-state index >= 15 is 0 Å². The molecule has 1 heterocycles. The predicted octanol–water partition coefficient (Wildman–Crippen LogP) is 2.65. The molecule has 1 N–H and O–H groups in total. The molecular weight excluding hydrogens is 236 g/mol. The van der Waals surface area contributed by atoms with Crippen molar-refractivity contribution in [2.24, 2.45) is 5.92 Å². The van der Waals surface area contributed by atoms with E-state index in [1.165, 1.54) is 32.2 Å². The summed E-state index contributed by atoms with van der Waals surface area (Å²) >= 11 is 0. The Bertz CT molecular complexity index is 263. The first-order chi connectivity index (χ1) is 9.04. The third kappa shape index (κ3) is 5.41. The quantitative estimate of drug-likeness (QED) is 0.732. The van der Waals surface area contributed by atoms with E-state index in [0.29, 0.717) is 18.2 Å². The van der Waals surface area contributed by atoms with Gasteiger partial charge in [0, 0.05) is 31.7 Å². The molecule has 1 saturated carbocycles. The molecule has 0 spiro atoms. The molecule has 112 valence electrons. The molecule has 2 unspecified atom stereocenters. The van der Waals surface area contributed by atoms with Gasteiger partial charge in [0.15, 0.2) is 0 Å². The second-order valence-electron chi connectivity index (χ2n) is 7.10. The lowest BCUT2D eigenvalue weighted by molar-refractivity contribution is 0.0188. The fraction of sp³-hybridized carbons (Fsp3) is 1.00. The minimum Gasteiger partial charge on any atom is -0.372 e. The van der Waals surface area contributed by atoms with Crippen molar-refractivity contribution in [3.8, 4) is 0 Å². The van der Waals surface area contributed by atoms with Gasteiger partial charge < -0.3 is 10.1 Å². The molecule has 1 aliphatic carbocycles. The van der Waals surface area contributed by atoms with Crippen LogP contribution in [0.1, 0.15) is 53.4 Å². The molecule has 2 fully saturated rings. The molecule has 0 radical (unpaired) electrons. The van der Waals surface area contributed by atoms with E-state index in [-0.39, 0.29) is 0 Å². The normalized spacial score (nSPS) is 27.9. The maximum Gasteiger partial charge on any atom is 0.0707 e. The Morgan fingerprint density at radius 1 is 1.05 bits per heavy atom. The van der Waals surface area contributed by atoms with Gasteiger partial charge in [-0.05, 0) is 31.6 Å². The monoisotopic (exact) mass is 268 g/mol. The molecule has 0 aromatic carbocycles. The van der Waals surface area contributed by atoms with Crippen molar-refractivity contribution < 1.29 is 4.74 Å². The summed E-state index contributed by atoms with van der Waals surface area (Å²) in [5.41, 5.74) is 0. The van der Waals surface area contributed by atoms with E-state index in [1.54, 1.807) is 0 Å². The van der Waals surface area contributed by atoms with E-state index in [2.05, 4.69) is 37.9 Å². The number of hydrogen-bond donors (Lipinski definition) is 1. The van der Waals surface area contributed by atoms with Crippen molar-refractivity contribution in [3.63, 3.8) is 0 Å². The number of nitrogens with one attached hydrogen (secondary N) is 1. The zero-order valence-corrected chi connectivity index (χ0v) is 13.2. The average Bonchev–Trinajstić information content (AvgIpc) is 3.07. The molecule has 2 aliphatic rings. The Hall–Kier alpha value is -0.120. The molecule has 0 aromatic heterocycles. The third-order valence-electron chi connectivity index (χ3n) is 4.05. The van der Waals surface area contributed by atoms with Gasteiger partial charge in [0.25, 0.3) is 0 Å². The van der Waals surface area contributed by atoms with Gasteiger partial charge in [-0.25, -0.2) is 0 Å². The first-order valence-corrected chi connectivity index (χ1v) is 8.17. The molecule has 0 bridgehead atoms. The number of ether oxygens (including phenoxy) is 1. The van der Waals surface area contributed by atoms with Crippen LogP contribution in [0.25, 0.3) is 0 Å². The lowest BCUT2D eigenvalue weighted by atomic mass is 10.1. The average molecular weight is 268 g/mol. The minimum atomic E-state index is 0.438. The lowest BCUT2D eigenvalue weighted by Gasteiger charge is -2.27. The van der Waals surface area contributed by atoms with Gasteiger partial charge in [0.05, 0.1) is 12.2 Å². The molecule has 2 rings (SSSR count). The van der Waals surface area contributed by atoms with Gasteiger partial charge in [-0.15, -0.1) is 0 Å². The van der Waals surface area contributed by atoms with Crippen molar-refractivity contribution >= 4 is 0 Å². The smallest absolute Gasteiger partial charge is 0.0707 e. The van der Waals surface area contributed by atoms with Crippen LogP contribution in [0, 0.1) is 5.92 Å².